The first-order valence-corrected chi connectivity index (χ1v) is 5.16. The van der Waals surface area contributed by atoms with E-state index in [1.807, 2.05) is 0 Å². The van der Waals surface area contributed by atoms with Crippen molar-refractivity contribution in [2.45, 2.75) is 46.6 Å². The third-order valence-electron chi connectivity index (χ3n) is 2.09. The zero-order valence-electron chi connectivity index (χ0n) is 9.67. The Kier molecular flexibility index (Phi) is 6.37. The van der Waals surface area contributed by atoms with Gasteiger partial charge < -0.3 is 9.69 Å². The maximum absolute atomic E-state index is 10.8. The molecular weight excluding hydrogens is 178 g/mol. The Hall–Kier alpha value is -0.700. The summed E-state index contributed by atoms with van der Waals surface area (Å²) in [4.78, 5) is 22.6. The van der Waals surface area contributed by atoms with Gasteiger partial charge in [0.25, 0.3) is 0 Å². The first-order valence-electron chi connectivity index (χ1n) is 5.16. The van der Waals surface area contributed by atoms with E-state index in [1.54, 1.807) is 0 Å². The summed E-state index contributed by atoms with van der Waals surface area (Å²) >= 11 is 0. The number of ketones is 2. The Bertz CT molecular complexity index is 185. The van der Waals surface area contributed by atoms with Gasteiger partial charge in [-0.05, 0) is 27.7 Å². The van der Waals surface area contributed by atoms with E-state index in [-0.39, 0.29) is 5.78 Å². The van der Waals surface area contributed by atoms with Crippen molar-refractivity contribution in [3.63, 3.8) is 0 Å². The van der Waals surface area contributed by atoms with E-state index in [0.717, 1.165) is 25.9 Å². The van der Waals surface area contributed by atoms with Gasteiger partial charge in [-0.1, -0.05) is 0 Å². The van der Waals surface area contributed by atoms with Gasteiger partial charge in [0.05, 0.1) is 0 Å². The molecule has 0 atom stereocenters. The van der Waals surface area contributed by atoms with E-state index in [0.29, 0.717) is 11.8 Å². The lowest BCUT2D eigenvalue weighted by molar-refractivity contribution is -0.121. The first kappa shape index (κ1) is 13.3. The van der Waals surface area contributed by atoms with Gasteiger partial charge in [0.1, 0.15) is 11.6 Å². The second kappa shape index (κ2) is 6.71. The van der Waals surface area contributed by atoms with Crippen LogP contribution in [-0.2, 0) is 9.59 Å². The van der Waals surface area contributed by atoms with Crippen molar-refractivity contribution in [2.75, 3.05) is 13.1 Å². The molecule has 3 heteroatoms. The fourth-order valence-corrected chi connectivity index (χ4v) is 1.29. The Morgan fingerprint density at radius 3 is 1.86 bits per heavy atom. The molecule has 0 saturated carbocycles. The van der Waals surface area contributed by atoms with Crippen molar-refractivity contribution in [3.05, 3.63) is 0 Å². The second-order valence-corrected chi connectivity index (χ2v) is 4.08. The van der Waals surface area contributed by atoms with Crippen molar-refractivity contribution in [3.8, 4) is 0 Å². The van der Waals surface area contributed by atoms with Crippen LogP contribution < -0.4 is 0 Å². The highest BCUT2D eigenvalue weighted by molar-refractivity contribution is 5.79. The Morgan fingerprint density at radius 2 is 1.57 bits per heavy atom. The summed E-state index contributed by atoms with van der Waals surface area (Å²) in [5, 5.41) is 0. The number of likely N-dealkylation sites (tertiary alicyclic amines) is 1. The highest BCUT2D eigenvalue weighted by Crippen LogP contribution is 2.08. The second-order valence-electron chi connectivity index (χ2n) is 4.08. The number of carbonyl (C=O) groups is 2. The molecule has 0 aliphatic carbocycles. The predicted octanol–water partition coefficient (Wildman–Crippen LogP) is 1.66. The fourth-order valence-electron chi connectivity index (χ4n) is 1.29. The molecule has 1 heterocycles. The zero-order chi connectivity index (χ0) is 11.1. The molecule has 0 radical (unpaired) electrons. The van der Waals surface area contributed by atoms with Gasteiger partial charge in [-0.2, -0.15) is 0 Å². The summed E-state index contributed by atoms with van der Waals surface area (Å²) in [5.41, 5.74) is 0. The molecule has 0 aromatic rings. The Balaban J connectivity index is 0.000000364. The number of nitrogens with zero attached hydrogens (tertiary/aromatic N) is 1. The number of Topliss-reactive ketones (excluding diaryl/α,β-unsaturated/α-hetero) is 2. The molecular formula is C11H21NO2. The first-order chi connectivity index (χ1) is 6.43. The molecule has 14 heavy (non-hydrogen) atoms. The maximum Gasteiger partial charge on any atom is 0.135 e. The molecule has 1 saturated heterocycles. The van der Waals surface area contributed by atoms with Crippen LogP contribution in [0.2, 0.25) is 0 Å². The zero-order valence-corrected chi connectivity index (χ0v) is 9.67. The van der Waals surface area contributed by atoms with E-state index in [2.05, 4.69) is 18.7 Å². The van der Waals surface area contributed by atoms with Crippen LogP contribution >= 0.6 is 0 Å². The Labute approximate surface area is 86.5 Å². The molecule has 1 aliphatic rings. The number of hydrogen-bond acceptors (Lipinski definition) is 3. The highest BCUT2D eigenvalue weighted by atomic mass is 16.1. The lowest BCUT2D eigenvalue weighted by Crippen LogP contribution is -2.38. The molecule has 3 nitrogen and oxygen atoms in total. The topological polar surface area (TPSA) is 37.4 Å². The molecule has 0 unspecified atom stereocenters. The SMILES string of the molecule is CC(C)=O.CC(C)N1CCC(=O)CC1. The van der Waals surface area contributed by atoms with Gasteiger partial charge >= 0.3 is 0 Å². The average Bonchev–Trinajstić information content (AvgIpc) is 2.03. The molecule has 1 aliphatic heterocycles. The van der Waals surface area contributed by atoms with E-state index < -0.39 is 0 Å². The number of rotatable bonds is 1. The van der Waals surface area contributed by atoms with Gasteiger partial charge in [0, 0.05) is 32.0 Å². The van der Waals surface area contributed by atoms with Crippen LogP contribution in [0.3, 0.4) is 0 Å². The molecule has 0 bridgehead atoms. The average molecular weight is 199 g/mol. The van der Waals surface area contributed by atoms with Gasteiger partial charge in [-0.15, -0.1) is 0 Å². The summed E-state index contributed by atoms with van der Waals surface area (Å²) in [6.07, 6.45) is 1.52. The van der Waals surface area contributed by atoms with E-state index in [4.69, 9.17) is 0 Å². The monoisotopic (exact) mass is 199 g/mol. The lowest BCUT2D eigenvalue weighted by Gasteiger charge is -2.29. The summed E-state index contributed by atoms with van der Waals surface area (Å²) in [6.45, 7) is 9.35. The van der Waals surface area contributed by atoms with Crippen LogP contribution in [0.15, 0.2) is 0 Å². The predicted molar refractivity (Wildman–Crippen MR) is 57.3 cm³/mol. The van der Waals surface area contributed by atoms with Crippen molar-refractivity contribution in [1.82, 2.24) is 4.90 Å². The van der Waals surface area contributed by atoms with Gasteiger partial charge in [0.15, 0.2) is 0 Å². The van der Waals surface area contributed by atoms with Crippen molar-refractivity contribution in [1.29, 1.82) is 0 Å². The molecule has 0 aromatic heterocycles. The summed E-state index contributed by atoms with van der Waals surface area (Å²) < 4.78 is 0. The van der Waals surface area contributed by atoms with Crippen LogP contribution in [0.4, 0.5) is 0 Å². The van der Waals surface area contributed by atoms with Crippen LogP contribution in [-0.4, -0.2) is 35.6 Å². The molecule has 1 rings (SSSR count). The van der Waals surface area contributed by atoms with Gasteiger partial charge in [0.2, 0.25) is 0 Å². The third kappa shape index (κ3) is 6.78. The van der Waals surface area contributed by atoms with Crippen molar-refractivity contribution < 1.29 is 9.59 Å². The fraction of sp³-hybridized carbons (Fsp3) is 0.818. The minimum atomic E-state index is 0.167. The largest absolute Gasteiger partial charge is 0.300 e. The van der Waals surface area contributed by atoms with Gasteiger partial charge in [-0.3, -0.25) is 4.79 Å². The van der Waals surface area contributed by atoms with E-state index in [1.165, 1.54) is 13.8 Å². The summed E-state index contributed by atoms with van der Waals surface area (Å²) in [6, 6.07) is 0.605. The number of carbonyl (C=O) groups excluding carboxylic acids is 2. The standard InChI is InChI=1S/C8H15NO.C3H6O/c1-7(2)9-5-3-8(10)4-6-9;1-3(2)4/h7H,3-6H2,1-2H3;1-2H3. The summed E-state index contributed by atoms with van der Waals surface area (Å²) in [7, 11) is 0. The molecule has 0 amide bonds. The van der Waals surface area contributed by atoms with Crippen LogP contribution in [0.25, 0.3) is 0 Å². The van der Waals surface area contributed by atoms with E-state index in [9.17, 15) is 9.59 Å². The molecule has 1 fully saturated rings. The van der Waals surface area contributed by atoms with Crippen molar-refractivity contribution >= 4 is 11.6 Å². The molecule has 0 aromatic carbocycles. The molecule has 0 N–H and O–H groups in total. The number of hydrogen-bond donors (Lipinski definition) is 0. The van der Waals surface area contributed by atoms with Crippen LogP contribution in [0.1, 0.15) is 40.5 Å². The normalized spacial score (nSPS) is 17.6. The maximum atomic E-state index is 10.8. The highest BCUT2D eigenvalue weighted by Gasteiger charge is 2.17. The van der Waals surface area contributed by atoms with Crippen LogP contribution in [0.5, 0.6) is 0 Å². The molecule has 0 spiro atoms. The molecule has 82 valence electrons. The minimum Gasteiger partial charge on any atom is -0.300 e. The van der Waals surface area contributed by atoms with Crippen LogP contribution in [0, 0.1) is 0 Å². The summed E-state index contributed by atoms with van der Waals surface area (Å²) in [5.74, 6) is 0.594. The Morgan fingerprint density at radius 1 is 1.21 bits per heavy atom. The smallest absolute Gasteiger partial charge is 0.135 e. The van der Waals surface area contributed by atoms with Crippen molar-refractivity contribution in [2.24, 2.45) is 0 Å². The third-order valence-corrected chi connectivity index (χ3v) is 2.09. The lowest BCUT2D eigenvalue weighted by atomic mass is 10.1. The van der Waals surface area contributed by atoms with Gasteiger partial charge in [-0.25, -0.2) is 0 Å². The van der Waals surface area contributed by atoms with E-state index >= 15 is 0 Å². The number of piperidine rings is 1. The quantitative estimate of drug-likeness (QED) is 0.644. The minimum absolute atomic E-state index is 0.167.